The number of hydrogen-bond acceptors (Lipinski definition) is 6. The van der Waals surface area contributed by atoms with Gasteiger partial charge < -0.3 is 20.4 Å². The van der Waals surface area contributed by atoms with Crippen LogP contribution in [0.15, 0.2) is 55.5 Å². The fraction of sp³-hybridized carbons (Fsp3) is 0.227. The average molecular weight is 431 g/mol. The van der Waals surface area contributed by atoms with E-state index in [1.165, 1.54) is 6.08 Å². The molecule has 4 aromatic heterocycles. The SMILES string of the molecule is C=CC(=O)N[C@H]1COC[C@@H]1C(=O)NCc1cc2c(-c3cnn4ncccc34)ccnc2[nH]1. The van der Waals surface area contributed by atoms with Gasteiger partial charge in [0, 0.05) is 29.0 Å². The molecule has 1 fully saturated rings. The van der Waals surface area contributed by atoms with Gasteiger partial charge in [0.25, 0.3) is 0 Å². The van der Waals surface area contributed by atoms with Crippen LogP contribution >= 0.6 is 0 Å². The van der Waals surface area contributed by atoms with Crippen LogP contribution in [0.4, 0.5) is 0 Å². The molecule has 1 saturated heterocycles. The van der Waals surface area contributed by atoms with Crippen molar-refractivity contribution in [1.29, 1.82) is 0 Å². The molecule has 2 amide bonds. The molecule has 0 spiro atoms. The molecule has 10 nitrogen and oxygen atoms in total. The van der Waals surface area contributed by atoms with Gasteiger partial charge in [-0.1, -0.05) is 6.58 Å². The number of aromatic nitrogens is 5. The number of ether oxygens (including phenoxy) is 1. The molecule has 0 bridgehead atoms. The number of carbonyl (C=O) groups is 2. The normalized spacial score (nSPS) is 18.1. The Balaban J connectivity index is 1.35. The summed E-state index contributed by atoms with van der Waals surface area (Å²) in [6.45, 7) is 4.29. The van der Waals surface area contributed by atoms with E-state index < -0.39 is 5.92 Å². The lowest BCUT2D eigenvalue weighted by Gasteiger charge is -2.17. The van der Waals surface area contributed by atoms with Crippen LogP contribution in [-0.2, 0) is 20.9 Å². The van der Waals surface area contributed by atoms with Gasteiger partial charge in [0.1, 0.15) is 5.65 Å². The molecule has 0 radical (unpaired) electrons. The topological polar surface area (TPSA) is 126 Å². The summed E-state index contributed by atoms with van der Waals surface area (Å²) in [5.41, 5.74) is 4.35. The summed E-state index contributed by atoms with van der Waals surface area (Å²) in [5, 5.41) is 15.1. The van der Waals surface area contributed by atoms with E-state index in [1.54, 1.807) is 23.2 Å². The van der Waals surface area contributed by atoms with Crippen molar-refractivity contribution in [2.24, 2.45) is 5.92 Å². The first kappa shape index (κ1) is 19.9. The van der Waals surface area contributed by atoms with Gasteiger partial charge in [0.05, 0.1) is 43.4 Å². The van der Waals surface area contributed by atoms with Crippen LogP contribution in [-0.4, -0.2) is 55.9 Å². The van der Waals surface area contributed by atoms with Crippen LogP contribution in [0.3, 0.4) is 0 Å². The Morgan fingerprint density at radius 3 is 3.03 bits per heavy atom. The van der Waals surface area contributed by atoms with E-state index in [0.29, 0.717) is 13.2 Å². The summed E-state index contributed by atoms with van der Waals surface area (Å²) >= 11 is 0. The number of nitrogens with zero attached hydrogens (tertiary/aromatic N) is 4. The minimum atomic E-state index is -0.455. The molecular formula is C22H21N7O3. The van der Waals surface area contributed by atoms with Crippen LogP contribution in [0.25, 0.3) is 27.7 Å². The molecular weight excluding hydrogens is 410 g/mol. The predicted octanol–water partition coefficient (Wildman–Crippen LogP) is 1.21. The number of rotatable bonds is 6. The van der Waals surface area contributed by atoms with E-state index in [0.717, 1.165) is 33.4 Å². The Morgan fingerprint density at radius 2 is 2.16 bits per heavy atom. The minimum Gasteiger partial charge on any atom is -0.378 e. The lowest BCUT2D eigenvalue weighted by molar-refractivity contribution is -0.126. The first-order valence-electron chi connectivity index (χ1n) is 10.2. The highest BCUT2D eigenvalue weighted by atomic mass is 16.5. The molecule has 4 aromatic rings. The molecule has 5 rings (SSSR count). The Labute approximate surface area is 182 Å². The van der Waals surface area contributed by atoms with E-state index in [-0.39, 0.29) is 24.5 Å². The first-order chi connectivity index (χ1) is 15.6. The first-order valence-corrected chi connectivity index (χ1v) is 10.2. The number of H-pyrrole nitrogens is 1. The third-order valence-electron chi connectivity index (χ3n) is 5.57. The highest BCUT2D eigenvalue weighted by Crippen LogP contribution is 2.30. The van der Waals surface area contributed by atoms with Gasteiger partial charge in [-0.15, -0.1) is 0 Å². The lowest BCUT2D eigenvalue weighted by atomic mass is 10.0. The fourth-order valence-corrected chi connectivity index (χ4v) is 3.96. The number of pyridine rings is 1. The number of carbonyl (C=O) groups excluding carboxylic acids is 2. The van der Waals surface area contributed by atoms with Crippen LogP contribution in [0, 0.1) is 5.92 Å². The quantitative estimate of drug-likeness (QED) is 0.394. The Hall–Kier alpha value is -4.05. The monoisotopic (exact) mass is 431 g/mol. The summed E-state index contributed by atoms with van der Waals surface area (Å²) in [6, 6.07) is 7.36. The minimum absolute atomic E-state index is 0.183. The molecule has 1 aliphatic rings. The van der Waals surface area contributed by atoms with Crippen molar-refractivity contribution in [2.75, 3.05) is 13.2 Å². The van der Waals surface area contributed by atoms with Crippen molar-refractivity contribution >= 4 is 28.4 Å². The standard InChI is InChI=1S/C22H21N7O3/c1-2-20(30)28-18-12-32-11-17(18)22(31)24-9-13-8-15-14(5-7-23-21(15)27-13)16-10-26-29-19(16)4-3-6-25-29/h2-8,10,17-18H,1,9,11-12H2,(H,23,27)(H,24,31)(H,28,30)/t17-,18-/m0/s1. The maximum atomic E-state index is 12.7. The highest BCUT2D eigenvalue weighted by molar-refractivity contribution is 5.97. The smallest absolute Gasteiger partial charge is 0.243 e. The van der Waals surface area contributed by atoms with E-state index in [9.17, 15) is 9.59 Å². The summed E-state index contributed by atoms with van der Waals surface area (Å²) in [4.78, 5) is 32.0. The maximum absolute atomic E-state index is 12.7. The van der Waals surface area contributed by atoms with Crippen LogP contribution in [0.1, 0.15) is 5.69 Å². The maximum Gasteiger partial charge on any atom is 0.243 e. The third kappa shape index (κ3) is 3.60. The van der Waals surface area contributed by atoms with Crippen molar-refractivity contribution in [2.45, 2.75) is 12.6 Å². The molecule has 32 heavy (non-hydrogen) atoms. The second-order valence-corrected chi connectivity index (χ2v) is 7.55. The third-order valence-corrected chi connectivity index (χ3v) is 5.57. The zero-order valence-corrected chi connectivity index (χ0v) is 17.1. The molecule has 162 valence electrons. The molecule has 0 aromatic carbocycles. The van der Waals surface area contributed by atoms with Gasteiger partial charge in [-0.2, -0.15) is 14.8 Å². The zero-order valence-electron chi connectivity index (χ0n) is 17.1. The van der Waals surface area contributed by atoms with Crippen LogP contribution in [0.5, 0.6) is 0 Å². The van der Waals surface area contributed by atoms with Crippen molar-refractivity contribution in [3.63, 3.8) is 0 Å². The summed E-state index contributed by atoms with van der Waals surface area (Å²) in [7, 11) is 0. The van der Waals surface area contributed by atoms with Crippen molar-refractivity contribution in [3.05, 3.63) is 61.2 Å². The van der Waals surface area contributed by atoms with E-state index in [1.807, 2.05) is 24.3 Å². The van der Waals surface area contributed by atoms with Gasteiger partial charge in [0.2, 0.25) is 11.8 Å². The number of hydrogen-bond donors (Lipinski definition) is 3. The Bertz CT molecular complexity index is 1330. The second-order valence-electron chi connectivity index (χ2n) is 7.55. The van der Waals surface area contributed by atoms with Gasteiger partial charge in [0.15, 0.2) is 0 Å². The number of aromatic amines is 1. The molecule has 10 heteroatoms. The van der Waals surface area contributed by atoms with Gasteiger partial charge >= 0.3 is 0 Å². The molecule has 0 saturated carbocycles. The number of amides is 2. The fourth-order valence-electron chi connectivity index (χ4n) is 3.96. The Morgan fingerprint density at radius 1 is 1.25 bits per heavy atom. The Kier molecular flexibility index (Phi) is 5.12. The van der Waals surface area contributed by atoms with E-state index >= 15 is 0 Å². The number of fused-ring (bicyclic) bond motifs is 2. The van der Waals surface area contributed by atoms with Gasteiger partial charge in [-0.05, 0) is 35.9 Å². The second kappa shape index (κ2) is 8.23. The summed E-state index contributed by atoms with van der Waals surface area (Å²) in [5.74, 6) is -0.962. The van der Waals surface area contributed by atoms with Gasteiger partial charge in [-0.25, -0.2) is 4.98 Å². The van der Waals surface area contributed by atoms with Crippen LogP contribution < -0.4 is 10.6 Å². The largest absolute Gasteiger partial charge is 0.378 e. The van der Waals surface area contributed by atoms with E-state index in [4.69, 9.17) is 4.74 Å². The molecule has 0 unspecified atom stereocenters. The molecule has 2 atom stereocenters. The van der Waals surface area contributed by atoms with Crippen molar-refractivity contribution in [1.82, 2.24) is 35.4 Å². The molecule has 1 aliphatic heterocycles. The highest BCUT2D eigenvalue weighted by Gasteiger charge is 2.34. The molecule has 3 N–H and O–H groups in total. The average Bonchev–Trinajstić information content (AvgIpc) is 3.54. The predicted molar refractivity (Wildman–Crippen MR) is 116 cm³/mol. The molecule has 5 heterocycles. The van der Waals surface area contributed by atoms with E-state index in [2.05, 4.69) is 37.4 Å². The van der Waals surface area contributed by atoms with Crippen molar-refractivity contribution < 1.29 is 14.3 Å². The van der Waals surface area contributed by atoms with Gasteiger partial charge in [-0.3, -0.25) is 9.59 Å². The lowest BCUT2D eigenvalue weighted by Crippen LogP contribution is -2.45. The molecule has 0 aliphatic carbocycles. The summed E-state index contributed by atoms with van der Waals surface area (Å²) in [6.07, 6.45) is 6.39. The van der Waals surface area contributed by atoms with Crippen molar-refractivity contribution in [3.8, 4) is 11.1 Å². The zero-order chi connectivity index (χ0) is 22.1. The van der Waals surface area contributed by atoms with Crippen LogP contribution in [0.2, 0.25) is 0 Å². The number of nitrogens with one attached hydrogen (secondary N) is 3. The summed E-state index contributed by atoms with van der Waals surface area (Å²) < 4.78 is 6.97.